The Labute approximate surface area is 126 Å². The molecule has 1 aliphatic rings. The van der Waals surface area contributed by atoms with Crippen molar-refractivity contribution in [1.82, 2.24) is 14.1 Å². The summed E-state index contributed by atoms with van der Waals surface area (Å²) in [4.78, 5) is 3.67. The molecule has 22 heavy (non-hydrogen) atoms. The lowest BCUT2D eigenvalue weighted by atomic mass is 10.1. The minimum Gasteiger partial charge on any atom is -0.245 e. The zero-order chi connectivity index (χ0) is 16.7. The predicted molar refractivity (Wildman–Crippen MR) is 75.9 cm³/mol. The lowest BCUT2D eigenvalue weighted by Gasteiger charge is -2.30. The van der Waals surface area contributed by atoms with Crippen LogP contribution < -0.4 is 0 Å². The first-order valence-electron chi connectivity index (χ1n) is 6.64. The molecular formula is C12H17F3N4O2S. The molecular weight excluding hydrogens is 321 g/mol. The third kappa shape index (κ3) is 3.17. The van der Waals surface area contributed by atoms with Crippen LogP contribution in [-0.2, 0) is 16.2 Å². The molecule has 0 atom stereocenters. The molecule has 0 radical (unpaired) electrons. The van der Waals surface area contributed by atoms with Crippen molar-refractivity contribution < 1.29 is 21.6 Å². The Kier molecular flexibility index (Phi) is 4.35. The quantitative estimate of drug-likeness (QED) is 0.793. The summed E-state index contributed by atoms with van der Waals surface area (Å²) in [6.45, 7) is 5.12. The van der Waals surface area contributed by atoms with Gasteiger partial charge in [-0.15, -0.1) is 0 Å². The van der Waals surface area contributed by atoms with Crippen LogP contribution in [0.2, 0.25) is 0 Å². The van der Waals surface area contributed by atoms with Crippen molar-refractivity contribution in [1.29, 1.82) is 0 Å². The molecule has 1 aromatic rings. The minimum absolute atomic E-state index is 0.0620. The number of hydrogen-bond acceptors (Lipinski definition) is 4. The molecule has 0 spiro atoms. The Morgan fingerprint density at radius 3 is 2.27 bits per heavy atom. The molecule has 0 aliphatic carbocycles. The van der Waals surface area contributed by atoms with E-state index < -0.39 is 21.9 Å². The van der Waals surface area contributed by atoms with Crippen molar-refractivity contribution in [3.63, 3.8) is 0 Å². The molecule has 1 aliphatic heterocycles. The highest BCUT2D eigenvalue weighted by atomic mass is 32.2. The van der Waals surface area contributed by atoms with E-state index in [0.29, 0.717) is 12.8 Å². The van der Waals surface area contributed by atoms with Gasteiger partial charge in [-0.1, -0.05) is 0 Å². The molecule has 1 saturated heterocycles. The van der Waals surface area contributed by atoms with E-state index in [2.05, 4.69) is 16.8 Å². The van der Waals surface area contributed by atoms with Gasteiger partial charge in [-0.3, -0.25) is 0 Å². The highest BCUT2D eigenvalue weighted by molar-refractivity contribution is 7.88. The molecule has 0 bridgehead atoms. The van der Waals surface area contributed by atoms with Crippen LogP contribution >= 0.6 is 0 Å². The van der Waals surface area contributed by atoms with E-state index in [1.807, 2.05) is 0 Å². The van der Waals surface area contributed by atoms with Crippen LogP contribution in [0.5, 0.6) is 0 Å². The maximum absolute atomic E-state index is 12.9. The van der Waals surface area contributed by atoms with Gasteiger partial charge in [-0.25, -0.2) is 22.4 Å². The van der Waals surface area contributed by atoms with Gasteiger partial charge in [0.2, 0.25) is 10.0 Å². The van der Waals surface area contributed by atoms with Crippen molar-refractivity contribution >= 4 is 22.6 Å². The van der Waals surface area contributed by atoms with Crippen LogP contribution in [0.25, 0.3) is 0 Å². The normalized spacial score (nSPS) is 18.6. The highest BCUT2D eigenvalue weighted by Gasteiger charge is 2.39. The lowest BCUT2D eigenvalue weighted by Crippen LogP contribution is -2.38. The summed E-state index contributed by atoms with van der Waals surface area (Å²) in [5.74, 6) is 0.0881. The highest BCUT2D eigenvalue weighted by Crippen LogP contribution is 2.38. The van der Waals surface area contributed by atoms with Crippen molar-refractivity contribution in [2.75, 3.05) is 19.3 Å². The van der Waals surface area contributed by atoms with Crippen LogP contribution in [0, 0.1) is 6.92 Å². The van der Waals surface area contributed by atoms with Crippen LogP contribution in [0.4, 0.5) is 19.0 Å². The molecule has 0 N–H and O–H groups in total. The number of halogens is 3. The maximum Gasteiger partial charge on any atom is 0.435 e. The zero-order valence-electron chi connectivity index (χ0n) is 12.3. The number of aliphatic imine (C=N–C) groups is 1. The van der Waals surface area contributed by atoms with Gasteiger partial charge in [0.05, 0.1) is 12.3 Å². The Balaban J connectivity index is 2.29. The second-order valence-electron chi connectivity index (χ2n) is 5.29. The fourth-order valence-corrected chi connectivity index (χ4v) is 3.52. The first kappa shape index (κ1) is 16.9. The van der Waals surface area contributed by atoms with Gasteiger partial charge >= 0.3 is 6.18 Å². The Bertz CT molecular complexity index is 673. The Hall–Kier alpha value is -1.42. The van der Waals surface area contributed by atoms with Gasteiger partial charge in [0.25, 0.3) is 0 Å². The van der Waals surface area contributed by atoms with E-state index >= 15 is 0 Å². The topological polar surface area (TPSA) is 67.6 Å². The fourth-order valence-electron chi connectivity index (χ4n) is 2.64. The van der Waals surface area contributed by atoms with Crippen molar-refractivity contribution in [2.45, 2.75) is 32.0 Å². The average Bonchev–Trinajstić information content (AvgIpc) is 2.74. The monoisotopic (exact) mass is 338 g/mol. The zero-order valence-corrected chi connectivity index (χ0v) is 13.1. The molecule has 0 unspecified atom stereocenters. The molecule has 0 saturated carbocycles. The van der Waals surface area contributed by atoms with E-state index in [1.54, 1.807) is 0 Å². The molecule has 10 heteroatoms. The second kappa shape index (κ2) is 5.65. The number of alkyl halides is 3. The molecule has 2 heterocycles. The molecule has 0 aromatic carbocycles. The standard InChI is InChI=1S/C12H17F3N4O2S/c1-8-10(12(13,14)15)17-19(11(8)16-2)9-4-6-18(7-5-9)22(3,20)21/h9H,2,4-7H2,1,3H3. The summed E-state index contributed by atoms with van der Waals surface area (Å²) in [5, 5.41) is 3.65. The summed E-state index contributed by atoms with van der Waals surface area (Å²) >= 11 is 0. The number of sulfonamides is 1. The van der Waals surface area contributed by atoms with Crippen LogP contribution in [0.1, 0.15) is 30.1 Å². The van der Waals surface area contributed by atoms with Gasteiger partial charge in [-0.05, 0) is 26.5 Å². The fraction of sp³-hybridized carbons (Fsp3) is 0.667. The van der Waals surface area contributed by atoms with Gasteiger partial charge in [0, 0.05) is 18.7 Å². The maximum atomic E-state index is 12.9. The van der Waals surface area contributed by atoms with Crippen molar-refractivity contribution in [3.05, 3.63) is 11.3 Å². The summed E-state index contributed by atoms with van der Waals surface area (Å²) in [6.07, 6.45) is -2.67. The smallest absolute Gasteiger partial charge is 0.245 e. The number of piperidine rings is 1. The van der Waals surface area contributed by atoms with Gasteiger partial charge in [-0.2, -0.15) is 18.3 Å². The predicted octanol–water partition coefficient (Wildman–Crippen LogP) is 2.14. The van der Waals surface area contributed by atoms with Gasteiger partial charge < -0.3 is 0 Å². The van der Waals surface area contributed by atoms with Crippen LogP contribution in [0.3, 0.4) is 0 Å². The number of nitrogens with zero attached hydrogens (tertiary/aromatic N) is 4. The molecule has 0 amide bonds. The number of aromatic nitrogens is 2. The molecule has 1 fully saturated rings. The number of rotatable bonds is 3. The van der Waals surface area contributed by atoms with Crippen molar-refractivity contribution in [2.24, 2.45) is 4.99 Å². The molecule has 6 nitrogen and oxygen atoms in total. The third-order valence-electron chi connectivity index (χ3n) is 3.77. The Morgan fingerprint density at radius 1 is 1.32 bits per heavy atom. The van der Waals surface area contributed by atoms with Gasteiger partial charge in [0.1, 0.15) is 0 Å². The van der Waals surface area contributed by atoms with Crippen LogP contribution in [-0.4, -0.2) is 48.6 Å². The van der Waals surface area contributed by atoms with Crippen LogP contribution in [0.15, 0.2) is 4.99 Å². The summed E-state index contributed by atoms with van der Waals surface area (Å²) in [5.41, 5.74) is -1.03. The van der Waals surface area contributed by atoms with Gasteiger partial charge in [0.15, 0.2) is 11.5 Å². The van der Waals surface area contributed by atoms with E-state index in [-0.39, 0.29) is 30.5 Å². The van der Waals surface area contributed by atoms with E-state index in [0.717, 1.165) is 6.26 Å². The third-order valence-corrected chi connectivity index (χ3v) is 5.08. The molecule has 2 rings (SSSR count). The molecule has 124 valence electrons. The first-order chi connectivity index (χ1) is 10.1. The largest absolute Gasteiger partial charge is 0.435 e. The molecule has 1 aromatic heterocycles. The average molecular weight is 338 g/mol. The van der Waals surface area contributed by atoms with E-state index in [1.165, 1.54) is 15.9 Å². The SMILES string of the molecule is C=Nc1c(C)c(C(F)(F)F)nn1C1CCN(S(C)(=O)=O)CC1. The van der Waals surface area contributed by atoms with E-state index in [4.69, 9.17) is 0 Å². The first-order valence-corrected chi connectivity index (χ1v) is 8.48. The van der Waals surface area contributed by atoms with E-state index in [9.17, 15) is 21.6 Å². The summed E-state index contributed by atoms with van der Waals surface area (Å²) in [7, 11) is -3.29. The minimum atomic E-state index is -4.55. The summed E-state index contributed by atoms with van der Waals surface area (Å²) in [6, 6.07) is -0.326. The summed E-state index contributed by atoms with van der Waals surface area (Å²) < 4.78 is 64.3. The lowest BCUT2D eigenvalue weighted by molar-refractivity contribution is -0.142. The van der Waals surface area contributed by atoms with Crippen molar-refractivity contribution in [3.8, 4) is 0 Å². The number of hydrogen-bond donors (Lipinski definition) is 0. The Morgan fingerprint density at radius 2 is 1.86 bits per heavy atom. The second-order valence-corrected chi connectivity index (χ2v) is 7.27.